The molecule has 0 atom stereocenters. The Morgan fingerprint density at radius 2 is 1.74 bits per heavy atom. The number of carbonyl (C=O) groups is 2. The molecule has 0 saturated heterocycles. The van der Waals surface area contributed by atoms with Gasteiger partial charge in [0.2, 0.25) is 0 Å². The van der Waals surface area contributed by atoms with E-state index in [1.54, 1.807) is 42.5 Å². The summed E-state index contributed by atoms with van der Waals surface area (Å²) in [4.78, 5) is 28.6. The fourth-order valence-corrected chi connectivity index (χ4v) is 2.64. The molecule has 2 aromatic carbocycles. The van der Waals surface area contributed by atoms with Crippen LogP contribution in [0, 0.1) is 13.8 Å². The Hall–Kier alpha value is -4.00. The number of aryl methyl sites for hydroxylation is 2. The van der Waals surface area contributed by atoms with E-state index in [-0.39, 0.29) is 5.91 Å². The zero-order valence-electron chi connectivity index (χ0n) is 17.6. The van der Waals surface area contributed by atoms with Crippen molar-refractivity contribution < 1.29 is 19.1 Å². The van der Waals surface area contributed by atoms with Crippen molar-refractivity contribution in [3.8, 4) is 11.5 Å². The number of esters is 1. The van der Waals surface area contributed by atoms with Crippen molar-refractivity contribution in [1.82, 2.24) is 10.4 Å². The van der Waals surface area contributed by atoms with Gasteiger partial charge in [-0.1, -0.05) is 17.7 Å². The third-order valence-electron chi connectivity index (χ3n) is 4.31. The highest BCUT2D eigenvalue weighted by molar-refractivity contribution is 5.94. The van der Waals surface area contributed by atoms with Crippen molar-refractivity contribution in [3.05, 3.63) is 88.7 Å². The lowest BCUT2D eigenvalue weighted by Crippen LogP contribution is -2.17. The average Bonchev–Trinajstić information content (AvgIpc) is 2.76. The first kappa shape index (κ1) is 21.7. The molecule has 1 heterocycles. The maximum absolute atomic E-state index is 12.4. The van der Waals surface area contributed by atoms with Crippen LogP contribution in [0.2, 0.25) is 0 Å². The quantitative estimate of drug-likeness (QED) is 0.271. The number of rotatable bonds is 7. The van der Waals surface area contributed by atoms with Gasteiger partial charge in [-0.2, -0.15) is 5.10 Å². The highest BCUT2D eigenvalue weighted by Gasteiger charge is 2.13. The molecule has 1 N–H and O–H groups in total. The number of carbonyl (C=O) groups excluding carboxylic acids is 2. The summed E-state index contributed by atoms with van der Waals surface area (Å²) in [5.74, 6) is -0.126. The molecule has 0 radical (unpaired) electrons. The lowest BCUT2D eigenvalue weighted by Gasteiger charge is -2.11. The minimum atomic E-state index is -0.471. The number of hydrogen-bond donors (Lipinski definition) is 1. The topological polar surface area (TPSA) is 89.9 Å². The Morgan fingerprint density at radius 3 is 2.42 bits per heavy atom. The van der Waals surface area contributed by atoms with Crippen LogP contribution in [-0.2, 0) is 0 Å². The van der Waals surface area contributed by atoms with E-state index >= 15 is 0 Å². The highest BCUT2D eigenvalue weighted by atomic mass is 16.6. The summed E-state index contributed by atoms with van der Waals surface area (Å²) in [6, 6.07) is 15.6. The van der Waals surface area contributed by atoms with E-state index < -0.39 is 5.97 Å². The van der Waals surface area contributed by atoms with Crippen molar-refractivity contribution in [1.29, 1.82) is 0 Å². The third kappa shape index (κ3) is 5.99. The first-order chi connectivity index (χ1) is 15.0. The van der Waals surface area contributed by atoms with Gasteiger partial charge in [0.25, 0.3) is 5.91 Å². The van der Waals surface area contributed by atoms with Gasteiger partial charge in [-0.25, -0.2) is 10.2 Å². The molecule has 0 saturated carbocycles. The van der Waals surface area contributed by atoms with Gasteiger partial charge in [0.05, 0.1) is 23.9 Å². The first-order valence-corrected chi connectivity index (χ1v) is 9.78. The Balaban J connectivity index is 1.69. The molecular formula is C24H23N3O4. The van der Waals surface area contributed by atoms with Crippen molar-refractivity contribution >= 4 is 18.1 Å². The lowest BCUT2D eigenvalue weighted by atomic mass is 10.1. The van der Waals surface area contributed by atoms with E-state index in [0.717, 1.165) is 11.3 Å². The Morgan fingerprint density at radius 1 is 1.00 bits per heavy atom. The van der Waals surface area contributed by atoms with Gasteiger partial charge >= 0.3 is 5.97 Å². The molecule has 0 aliphatic carbocycles. The molecule has 1 aromatic heterocycles. The number of ether oxygens (including phenoxy) is 2. The summed E-state index contributed by atoms with van der Waals surface area (Å²) < 4.78 is 11.1. The molecular weight excluding hydrogens is 394 g/mol. The monoisotopic (exact) mass is 417 g/mol. The summed E-state index contributed by atoms with van der Waals surface area (Å²) in [6.45, 7) is 6.02. The summed E-state index contributed by atoms with van der Waals surface area (Å²) in [5, 5.41) is 3.97. The summed E-state index contributed by atoms with van der Waals surface area (Å²) in [6.07, 6.45) is 2.97. The predicted octanol–water partition coefficient (Wildman–Crippen LogP) is 4.08. The molecule has 1 amide bonds. The van der Waals surface area contributed by atoms with E-state index in [1.807, 2.05) is 32.9 Å². The normalized spacial score (nSPS) is 10.7. The molecule has 7 heteroatoms. The van der Waals surface area contributed by atoms with Crippen LogP contribution < -0.4 is 14.9 Å². The molecule has 7 nitrogen and oxygen atoms in total. The Bertz CT molecular complexity index is 1090. The van der Waals surface area contributed by atoms with Gasteiger partial charge in [-0.15, -0.1) is 0 Å². The Labute approximate surface area is 180 Å². The summed E-state index contributed by atoms with van der Waals surface area (Å²) >= 11 is 0. The van der Waals surface area contributed by atoms with Crippen molar-refractivity contribution in [3.63, 3.8) is 0 Å². The third-order valence-corrected chi connectivity index (χ3v) is 4.31. The number of nitrogens with one attached hydrogen (secondary N) is 1. The molecule has 0 unspecified atom stereocenters. The molecule has 31 heavy (non-hydrogen) atoms. The van der Waals surface area contributed by atoms with Crippen molar-refractivity contribution in [2.24, 2.45) is 5.10 Å². The van der Waals surface area contributed by atoms with Crippen LogP contribution in [0.1, 0.15) is 44.5 Å². The lowest BCUT2D eigenvalue weighted by molar-refractivity contribution is 0.0728. The molecule has 0 fully saturated rings. The van der Waals surface area contributed by atoms with Crippen molar-refractivity contribution in [2.75, 3.05) is 6.61 Å². The second-order valence-electron chi connectivity index (χ2n) is 6.78. The van der Waals surface area contributed by atoms with Crippen LogP contribution in [0.5, 0.6) is 11.5 Å². The zero-order chi connectivity index (χ0) is 22.2. The largest absolute Gasteiger partial charge is 0.490 e. The zero-order valence-corrected chi connectivity index (χ0v) is 17.6. The summed E-state index contributed by atoms with van der Waals surface area (Å²) in [7, 11) is 0. The van der Waals surface area contributed by atoms with Crippen LogP contribution in [0.15, 0.2) is 65.9 Å². The van der Waals surface area contributed by atoms with E-state index in [4.69, 9.17) is 9.47 Å². The number of amides is 1. The number of hydrazone groups is 1. The number of pyridine rings is 1. The second-order valence-corrected chi connectivity index (χ2v) is 6.78. The van der Waals surface area contributed by atoms with Crippen LogP contribution in [0.3, 0.4) is 0 Å². The minimum Gasteiger partial charge on any atom is -0.490 e. The first-order valence-electron chi connectivity index (χ1n) is 9.78. The fraction of sp³-hybridized carbons (Fsp3) is 0.167. The summed E-state index contributed by atoms with van der Waals surface area (Å²) in [5.41, 5.74) is 5.87. The maximum atomic E-state index is 12.4. The van der Waals surface area contributed by atoms with Gasteiger partial charge in [0, 0.05) is 11.9 Å². The number of aromatic nitrogens is 1. The van der Waals surface area contributed by atoms with Gasteiger partial charge in [0.1, 0.15) is 0 Å². The van der Waals surface area contributed by atoms with Gasteiger partial charge in [-0.05, 0) is 68.8 Å². The van der Waals surface area contributed by atoms with Gasteiger partial charge in [-0.3, -0.25) is 9.78 Å². The minimum absolute atomic E-state index is 0.305. The smallest absolute Gasteiger partial charge is 0.343 e. The molecule has 0 bridgehead atoms. The molecule has 3 aromatic rings. The number of benzene rings is 2. The SMILES string of the molecule is CCOc1cc(/C=N/NC(=O)c2ccc(C)nc2)ccc1OC(=O)c1ccc(C)cc1. The van der Waals surface area contributed by atoms with E-state index in [2.05, 4.69) is 15.5 Å². The molecule has 0 aliphatic rings. The molecule has 0 aliphatic heterocycles. The van der Waals surface area contributed by atoms with Gasteiger partial charge in [0.15, 0.2) is 11.5 Å². The van der Waals surface area contributed by atoms with Gasteiger partial charge < -0.3 is 9.47 Å². The van der Waals surface area contributed by atoms with Crippen LogP contribution in [0.25, 0.3) is 0 Å². The molecule has 3 rings (SSSR count). The molecule has 158 valence electrons. The predicted molar refractivity (Wildman–Crippen MR) is 118 cm³/mol. The standard InChI is InChI=1S/C24H23N3O4/c1-4-30-22-13-18(14-26-27-23(28)20-11-7-17(3)25-15-20)8-12-21(22)31-24(29)19-9-5-16(2)6-10-19/h5-15H,4H2,1-3H3,(H,27,28)/b26-14+. The van der Waals surface area contributed by atoms with Crippen LogP contribution in [-0.4, -0.2) is 29.7 Å². The van der Waals surface area contributed by atoms with E-state index in [0.29, 0.717) is 34.8 Å². The van der Waals surface area contributed by atoms with Crippen LogP contribution in [0.4, 0.5) is 0 Å². The van der Waals surface area contributed by atoms with E-state index in [1.165, 1.54) is 12.4 Å². The number of nitrogens with zero attached hydrogens (tertiary/aromatic N) is 2. The van der Waals surface area contributed by atoms with Crippen molar-refractivity contribution in [2.45, 2.75) is 20.8 Å². The van der Waals surface area contributed by atoms with Crippen LogP contribution >= 0.6 is 0 Å². The highest BCUT2D eigenvalue weighted by Crippen LogP contribution is 2.29. The maximum Gasteiger partial charge on any atom is 0.343 e. The fourth-order valence-electron chi connectivity index (χ4n) is 2.64. The Kier molecular flexibility index (Phi) is 7.11. The molecule has 0 spiro atoms. The second kappa shape index (κ2) is 10.2. The average molecular weight is 417 g/mol. The number of hydrogen-bond acceptors (Lipinski definition) is 6. The van der Waals surface area contributed by atoms with E-state index in [9.17, 15) is 9.59 Å².